The summed E-state index contributed by atoms with van der Waals surface area (Å²) in [5, 5.41) is 0. The van der Waals surface area contributed by atoms with Gasteiger partial charge in [0.2, 0.25) is 0 Å². The average Bonchev–Trinajstić information content (AvgIpc) is 2.74. The molecule has 0 radical (unpaired) electrons. The zero-order chi connectivity index (χ0) is 13.1. The maximum Gasteiger partial charge on any atom is 0.298 e. The van der Waals surface area contributed by atoms with E-state index in [0.29, 0.717) is 5.92 Å². The lowest BCUT2D eigenvalue weighted by atomic mass is 10.1. The highest BCUT2D eigenvalue weighted by atomic mass is 16.2. The summed E-state index contributed by atoms with van der Waals surface area (Å²) in [5.41, 5.74) is -0.271. The molecular formula is C14H22N2O. The number of carbonyl (C=O) groups excluding carboxylic acids is 1. The normalized spacial score (nSPS) is 20.1. The molecular weight excluding hydrogens is 212 g/mol. The second-order valence-corrected chi connectivity index (χ2v) is 5.24. The predicted molar refractivity (Wildman–Crippen MR) is 70.4 cm³/mol. The van der Waals surface area contributed by atoms with Gasteiger partial charge in [-0.3, -0.25) is 9.69 Å². The summed E-state index contributed by atoms with van der Waals surface area (Å²) in [6.07, 6.45) is 2.93. The average molecular weight is 234 g/mol. The third-order valence-corrected chi connectivity index (χ3v) is 3.44. The molecule has 1 aliphatic rings. The van der Waals surface area contributed by atoms with Crippen LogP contribution < -0.4 is 0 Å². The van der Waals surface area contributed by atoms with Crippen LogP contribution in [0.25, 0.3) is 0 Å². The van der Waals surface area contributed by atoms with Gasteiger partial charge in [0, 0.05) is 13.1 Å². The number of likely N-dealkylation sites (tertiary alicyclic amines) is 1. The topological polar surface area (TPSA) is 23.6 Å². The standard InChI is InChI=1S/C14H22N2O/c1-6-12-8-10-16(11-12)13(17)7-9-14(2,3)15(4)5/h6,12H,1,8,10-11H2,2-5H3. The number of carbonyl (C=O) groups is 1. The van der Waals surface area contributed by atoms with Crippen LogP contribution in [0.1, 0.15) is 20.3 Å². The Hall–Kier alpha value is -1.27. The quantitative estimate of drug-likeness (QED) is 0.532. The Morgan fingerprint density at radius 1 is 1.53 bits per heavy atom. The van der Waals surface area contributed by atoms with Crippen LogP contribution in [0, 0.1) is 17.8 Å². The first-order chi connectivity index (χ1) is 7.86. The van der Waals surface area contributed by atoms with Crippen molar-refractivity contribution in [1.29, 1.82) is 0 Å². The Balaban J connectivity index is 2.62. The molecule has 1 unspecified atom stereocenters. The van der Waals surface area contributed by atoms with Crippen molar-refractivity contribution >= 4 is 5.91 Å². The summed E-state index contributed by atoms with van der Waals surface area (Å²) >= 11 is 0. The van der Waals surface area contributed by atoms with Gasteiger partial charge in [-0.2, -0.15) is 0 Å². The second kappa shape index (κ2) is 5.37. The van der Waals surface area contributed by atoms with Gasteiger partial charge in [0.25, 0.3) is 5.91 Å². The fraction of sp³-hybridized carbons (Fsp3) is 0.643. The van der Waals surface area contributed by atoms with Gasteiger partial charge in [-0.1, -0.05) is 12.0 Å². The molecule has 1 fully saturated rings. The SMILES string of the molecule is C=CC1CCN(C(=O)C#CC(C)(C)N(C)C)C1. The number of amides is 1. The number of hydrogen-bond donors (Lipinski definition) is 0. The van der Waals surface area contributed by atoms with Gasteiger partial charge >= 0.3 is 0 Å². The van der Waals surface area contributed by atoms with Crippen LogP contribution in [0.5, 0.6) is 0 Å². The molecule has 1 saturated heterocycles. The van der Waals surface area contributed by atoms with Gasteiger partial charge in [-0.25, -0.2) is 0 Å². The van der Waals surface area contributed by atoms with Crippen LogP contribution in [0.4, 0.5) is 0 Å². The molecule has 94 valence electrons. The molecule has 3 heteroatoms. The minimum atomic E-state index is -0.271. The van der Waals surface area contributed by atoms with Crippen molar-refractivity contribution in [2.24, 2.45) is 5.92 Å². The van der Waals surface area contributed by atoms with E-state index >= 15 is 0 Å². The van der Waals surface area contributed by atoms with Gasteiger partial charge in [0.15, 0.2) is 0 Å². The molecule has 1 aliphatic heterocycles. The largest absolute Gasteiger partial charge is 0.331 e. The summed E-state index contributed by atoms with van der Waals surface area (Å²) in [7, 11) is 3.92. The van der Waals surface area contributed by atoms with Crippen LogP contribution >= 0.6 is 0 Å². The van der Waals surface area contributed by atoms with Crippen molar-refractivity contribution in [1.82, 2.24) is 9.80 Å². The van der Waals surface area contributed by atoms with Crippen molar-refractivity contribution in [2.45, 2.75) is 25.8 Å². The molecule has 1 amide bonds. The van der Waals surface area contributed by atoms with Gasteiger partial charge < -0.3 is 4.90 Å². The number of rotatable bonds is 2. The van der Waals surface area contributed by atoms with Crippen molar-refractivity contribution in [2.75, 3.05) is 27.2 Å². The van der Waals surface area contributed by atoms with E-state index in [0.717, 1.165) is 19.5 Å². The molecule has 1 rings (SSSR count). The first kappa shape index (κ1) is 13.8. The van der Waals surface area contributed by atoms with Crippen LogP contribution in [-0.2, 0) is 4.79 Å². The van der Waals surface area contributed by atoms with E-state index in [-0.39, 0.29) is 11.4 Å². The van der Waals surface area contributed by atoms with Gasteiger partial charge in [-0.15, -0.1) is 6.58 Å². The van der Waals surface area contributed by atoms with Crippen molar-refractivity contribution in [3.63, 3.8) is 0 Å². The highest BCUT2D eigenvalue weighted by Gasteiger charge is 2.23. The van der Waals surface area contributed by atoms with Gasteiger partial charge in [0.1, 0.15) is 0 Å². The van der Waals surface area contributed by atoms with E-state index < -0.39 is 0 Å². The Bertz CT molecular complexity index is 360. The van der Waals surface area contributed by atoms with E-state index in [9.17, 15) is 4.79 Å². The molecule has 0 spiro atoms. The summed E-state index contributed by atoms with van der Waals surface area (Å²) in [5.74, 6) is 6.15. The highest BCUT2D eigenvalue weighted by Crippen LogP contribution is 2.16. The Morgan fingerprint density at radius 3 is 2.65 bits per heavy atom. The van der Waals surface area contributed by atoms with Crippen LogP contribution in [0.15, 0.2) is 12.7 Å². The molecule has 0 aromatic rings. The first-order valence-corrected chi connectivity index (χ1v) is 5.99. The van der Waals surface area contributed by atoms with Crippen LogP contribution in [-0.4, -0.2) is 48.4 Å². The molecule has 17 heavy (non-hydrogen) atoms. The lowest BCUT2D eigenvalue weighted by molar-refractivity contribution is -0.124. The molecule has 0 aromatic carbocycles. The smallest absolute Gasteiger partial charge is 0.298 e. The zero-order valence-electron chi connectivity index (χ0n) is 11.3. The minimum absolute atomic E-state index is 0.0655. The Labute approximate surface area is 104 Å². The van der Waals surface area contributed by atoms with Crippen molar-refractivity contribution in [3.8, 4) is 11.8 Å². The fourth-order valence-corrected chi connectivity index (χ4v) is 1.56. The van der Waals surface area contributed by atoms with E-state index in [4.69, 9.17) is 0 Å². The maximum atomic E-state index is 11.9. The minimum Gasteiger partial charge on any atom is -0.331 e. The van der Waals surface area contributed by atoms with Gasteiger partial charge in [0.05, 0.1) is 5.54 Å². The van der Waals surface area contributed by atoms with Crippen molar-refractivity contribution in [3.05, 3.63) is 12.7 Å². The maximum absolute atomic E-state index is 11.9. The number of hydrogen-bond acceptors (Lipinski definition) is 2. The van der Waals surface area contributed by atoms with E-state index in [1.807, 2.05) is 43.8 Å². The van der Waals surface area contributed by atoms with Crippen molar-refractivity contribution < 1.29 is 4.79 Å². The summed E-state index contributed by atoms with van der Waals surface area (Å²) < 4.78 is 0. The van der Waals surface area contributed by atoms with E-state index in [1.165, 1.54) is 0 Å². The lowest BCUT2D eigenvalue weighted by Crippen LogP contribution is -2.37. The third-order valence-electron chi connectivity index (χ3n) is 3.44. The summed E-state index contributed by atoms with van der Waals surface area (Å²) in [6.45, 7) is 9.33. The lowest BCUT2D eigenvalue weighted by Gasteiger charge is -2.26. The molecule has 0 bridgehead atoms. The Kier molecular flexibility index (Phi) is 4.36. The molecule has 0 N–H and O–H groups in total. The Morgan fingerprint density at radius 2 is 2.18 bits per heavy atom. The molecule has 0 aliphatic carbocycles. The third kappa shape index (κ3) is 3.61. The van der Waals surface area contributed by atoms with Crippen LogP contribution in [0.3, 0.4) is 0 Å². The predicted octanol–water partition coefficient (Wildman–Crippen LogP) is 1.36. The monoisotopic (exact) mass is 234 g/mol. The molecule has 0 saturated carbocycles. The fourth-order valence-electron chi connectivity index (χ4n) is 1.56. The molecule has 3 nitrogen and oxygen atoms in total. The van der Waals surface area contributed by atoms with Crippen LogP contribution in [0.2, 0.25) is 0 Å². The molecule has 1 heterocycles. The first-order valence-electron chi connectivity index (χ1n) is 5.99. The molecule has 1 atom stereocenters. The summed E-state index contributed by atoms with van der Waals surface area (Å²) in [4.78, 5) is 15.7. The van der Waals surface area contributed by atoms with E-state index in [2.05, 4.69) is 18.4 Å². The zero-order valence-corrected chi connectivity index (χ0v) is 11.3. The second-order valence-electron chi connectivity index (χ2n) is 5.24. The summed E-state index contributed by atoms with van der Waals surface area (Å²) in [6, 6.07) is 0. The molecule has 0 aromatic heterocycles. The van der Waals surface area contributed by atoms with E-state index in [1.54, 1.807) is 0 Å². The van der Waals surface area contributed by atoms with Gasteiger partial charge in [-0.05, 0) is 46.2 Å². The highest BCUT2D eigenvalue weighted by molar-refractivity contribution is 5.94. The number of nitrogens with zero attached hydrogens (tertiary/aromatic N) is 2.